The highest BCUT2D eigenvalue weighted by Crippen LogP contribution is 2.30. The van der Waals surface area contributed by atoms with Gasteiger partial charge in [-0.05, 0) is 24.7 Å². The zero-order valence-electron chi connectivity index (χ0n) is 10.5. The molecule has 0 aliphatic heterocycles. The predicted octanol–water partition coefficient (Wildman–Crippen LogP) is 3.05. The summed E-state index contributed by atoms with van der Waals surface area (Å²) in [5.41, 5.74) is 0. The predicted molar refractivity (Wildman–Crippen MR) is 61.8 cm³/mol. The van der Waals surface area contributed by atoms with Gasteiger partial charge in [0.15, 0.2) is 5.78 Å². The monoisotopic (exact) mass is 212 g/mol. The molecule has 0 N–H and O–H groups in total. The highest BCUT2D eigenvalue weighted by Gasteiger charge is 2.31. The summed E-state index contributed by atoms with van der Waals surface area (Å²) in [5, 5.41) is 0. The molecule has 0 radical (unpaired) electrons. The lowest BCUT2D eigenvalue weighted by Gasteiger charge is -2.29. The van der Waals surface area contributed by atoms with Crippen molar-refractivity contribution >= 4 is 5.78 Å². The molecule has 0 saturated heterocycles. The summed E-state index contributed by atoms with van der Waals surface area (Å²) in [4.78, 5) is 12.2. The molecule has 1 unspecified atom stereocenters. The Hall–Kier alpha value is -0.370. The van der Waals surface area contributed by atoms with E-state index in [1.165, 1.54) is 12.8 Å². The van der Waals surface area contributed by atoms with Gasteiger partial charge >= 0.3 is 0 Å². The van der Waals surface area contributed by atoms with Crippen molar-refractivity contribution in [3.8, 4) is 0 Å². The van der Waals surface area contributed by atoms with E-state index in [0.29, 0.717) is 11.7 Å². The molecule has 0 aromatic heterocycles. The second kappa shape index (κ2) is 5.64. The van der Waals surface area contributed by atoms with E-state index in [-0.39, 0.29) is 12.0 Å². The number of hydrogen-bond acceptors (Lipinski definition) is 2. The van der Waals surface area contributed by atoms with Crippen LogP contribution < -0.4 is 0 Å². The fourth-order valence-corrected chi connectivity index (χ4v) is 2.49. The van der Waals surface area contributed by atoms with Gasteiger partial charge in [-0.3, -0.25) is 4.79 Å². The van der Waals surface area contributed by atoms with Gasteiger partial charge in [-0.2, -0.15) is 0 Å². The summed E-state index contributed by atoms with van der Waals surface area (Å²) in [5.74, 6) is 1.68. The fourth-order valence-electron chi connectivity index (χ4n) is 2.49. The average Bonchev–Trinajstić information content (AvgIpc) is 2.19. The van der Waals surface area contributed by atoms with Gasteiger partial charge in [-0.1, -0.05) is 33.6 Å². The van der Waals surface area contributed by atoms with Crippen LogP contribution in [0.15, 0.2) is 0 Å². The van der Waals surface area contributed by atoms with Gasteiger partial charge in [0.05, 0.1) is 0 Å². The number of ether oxygens (including phenoxy) is 1. The smallest absolute Gasteiger partial charge is 0.164 e. The Kier molecular flexibility index (Phi) is 4.78. The largest absolute Gasteiger partial charge is 0.373 e. The van der Waals surface area contributed by atoms with Gasteiger partial charge in [0, 0.05) is 13.0 Å². The van der Waals surface area contributed by atoms with Gasteiger partial charge < -0.3 is 4.74 Å². The molecule has 2 heteroatoms. The highest BCUT2D eigenvalue weighted by molar-refractivity contribution is 5.85. The van der Waals surface area contributed by atoms with Crippen LogP contribution in [0.1, 0.15) is 46.5 Å². The molecule has 88 valence electrons. The average molecular weight is 212 g/mol. The topological polar surface area (TPSA) is 26.3 Å². The van der Waals surface area contributed by atoms with Crippen molar-refractivity contribution in [2.24, 2.45) is 17.8 Å². The minimum Gasteiger partial charge on any atom is -0.373 e. The van der Waals surface area contributed by atoms with Crippen LogP contribution in [0.5, 0.6) is 0 Å². The summed E-state index contributed by atoms with van der Waals surface area (Å²) in [6.45, 7) is 6.38. The van der Waals surface area contributed by atoms with Crippen molar-refractivity contribution in [3.05, 3.63) is 0 Å². The molecule has 1 aliphatic rings. The molecule has 0 bridgehead atoms. The lowest BCUT2D eigenvalue weighted by Crippen LogP contribution is -2.35. The minimum absolute atomic E-state index is 0.191. The van der Waals surface area contributed by atoms with Gasteiger partial charge in [0.1, 0.15) is 6.10 Å². The number of carbonyl (C=O) groups is 1. The quantitative estimate of drug-likeness (QED) is 0.716. The summed E-state index contributed by atoms with van der Waals surface area (Å²) in [6, 6.07) is 0. The molecule has 1 fully saturated rings. The fraction of sp³-hybridized carbons (Fsp3) is 0.923. The Morgan fingerprint density at radius 2 is 1.73 bits per heavy atom. The highest BCUT2D eigenvalue weighted by atomic mass is 16.5. The summed E-state index contributed by atoms with van der Waals surface area (Å²) >= 11 is 0. The van der Waals surface area contributed by atoms with Crippen molar-refractivity contribution in [2.75, 3.05) is 7.11 Å². The Balaban J connectivity index is 2.52. The molecule has 1 atom stereocenters. The normalized spacial score (nSPS) is 29.1. The van der Waals surface area contributed by atoms with E-state index < -0.39 is 0 Å². The number of Topliss-reactive ketones (excluding diaryl/α,β-unsaturated/α-hetero) is 1. The molecule has 15 heavy (non-hydrogen) atoms. The van der Waals surface area contributed by atoms with Crippen LogP contribution in [0.3, 0.4) is 0 Å². The molecule has 0 aromatic carbocycles. The molecule has 0 spiro atoms. The van der Waals surface area contributed by atoms with Crippen molar-refractivity contribution in [2.45, 2.75) is 52.6 Å². The van der Waals surface area contributed by atoms with Crippen LogP contribution >= 0.6 is 0 Å². The molecule has 0 heterocycles. The zero-order chi connectivity index (χ0) is 11.4. The van der Waals surface area contributed by atoms with E-state index >= 15 is 0 Å². The van der Waals surface area contributed by atoms with Crippen LogP contribution in [-0.2, 0) is 9.53 Å². The third-order valence-electron chi connectivity index (χ3n) is 3.56. The van der Waals surface area contributed by atoms with Crippen molar-refractivity contribution in [1.82, 2.24) is 0 Å². The number of carbonyl (C=O) groups excluding carboxylic acids is 1. The number of ketones is 1. The van der Waals surface area contributed by atoms with Crippen LogP contribution in [0, 0.1) is 17.8 Å². The van der Waals surface area contributed by atoms with Gasteiger partial charge in [0.25, 0.3) is 0 Å². The molecular formula is C13H24O2. The summed E-state index contributed by atoms with van der Waals surface area (Å²) in [7, 11) is 1.65. The number of rotatable bonds is 4. The maximum Gasteiger partial charge on any atom is 0.164 e. The lowest BCUT2D eigenvalue weighted by molar-refractivity contribution is -0.136. The van der Waals surface area contributed by atoms with Gasteiger partial charge in [-0.25, -0.2) is 0 Å². The standard InChI is InChI=1S/C13H24O2/c1-9(2)13(15-4)12(14)11-7-5-10(3)6-8-11/h9-11,13H,5-8H2,1-4H3. The minimum atomic E-state index is -0.191. The van der Waals surface area contributed by atoms with Crippen LogP contribution in [0.25, 0.3) is 0 Å². The SMILES string of the molecule is COC(C(=O)C1CCC(C)CC1)C(C)C. The van der Waals surface area contributed by atoms with Crippen LogP contribution in [0.2, 0.25) is 0 Å². The van der Waals surface area contributed by atoms with E-state index in [9.17, 15) is 4.79 Å². The van der Waals surface area contributed by atoms with Crippen molar-refractivity contribution in [3.63, 3.8) is 0 Å². The molecule has 0 amide bonds. The molecule has 1 saturated carbocycles. The third kappa shape index (κ3) is 3.30. The first-order valence-corrected chi connectivity index (χ1v) is 6.12. The Morgan fingerprint density at radius 1 is 1.20 bits per heavy atom. The first kappa shape index (κ1) is 12.7. The zero-order valence-corrected chi connectivity index (χ0v) is 10.5. The Bertz CT molecular complexity index is 203. The van der Waals surface area contributed by atoms with E-state index in [2.05, 4.69) is 20.8 Å². The first-order chi connectivity index (χ1) is 7.06. The maximum atomic E-state index is 12.2. The number of methoxy groups -OCH3 is 1. The number of hydrogen-bond donors (Lipinski definition) is 0. The van der Waals surface area contributed by atoms with Crippen LogP contribution in [-0.4, -0.2) is 19.0 Å². The second-order valence-electron chi connectivity index (χ2n) is 5.26. The molecule has 1 rings (SSSR count). The summed E-state index contributed by atoms with van der Waals surface area (Å²) < 4.78 is 5.30. The molecular weight excluding hydrogens is 188 g/mol. The van der Waals surface area contributed by atoms with Gasteiger partial charge in [-0.15, -0.1) is 0 Å². The first-order valence-electron chi connectivity index (χ1n) is 6.12. The third-order valence-corrected chi connectivity index (χ3v) is 3.56. The van der Waals surface area contributed by atoms with Crippen LogP contribution in [0.4, 0.5) is 0 Å². The van der Waals surface area contributed by atoms with Crippen molar-refractivity contribution in [1.29, 1.82) is 0 Å². The second-order valence-corrected chi connectivity index (χ2v) is 5.26. The van der Waals surface area contributed by atoms with E-state index in [1.54, 1.807) is 7.11 Å². The Labute approximate surface area is 93.4 Å². The Morgan fingerprint density at radius 3 is 2.13 bits per heavy atom. The van der Waals surface area contributed by atoms with E-state index in [1.807, 2.05) is 0 Å². The van der Waals surface area contributed by atoms with E-state index in [4.69, 9.17) is 4.74 Å². The molecule has 0 aromatic rings. The summed E-state index contributed by atoms with van der Waals surface area (Å²) in [6.07, 6.45) is 4.33. The lowest BCUT2D eigenvalue weighted by atomic mass is 9.78. The van der Waals surface area contributed by atoms with Crippen molar-refractivity contribution < 1.29 is 9.53 Å². The van der Waals surface area contributed by atoms with Gasteiger partial charge in [0.2, 0.25) is 0 Å². The van der Waals surface area contributed by atoms with E-state index in [0.717, 1.165) is 18.8 Å². The molecule has 1 aliphatic carbocycles. The maximum absolute atomic E-state index is 12.2. The molecule has 2 nitrogen and oxygen atoms in total.